The highest BCUT2D eigenvalue weighted by Gasteiger charge is 2.33. The molecule has 1 aromatic carbocycles. The number of aromatic hydroxyl groups is 1. The van der Waals surface area contributed by atoms with E-state index in [1.54, 1.807) is 12.3 Å². The quantitative estimate of drug-likeness (QED) is 0.601. The first-order valence-corrected chi connectivity index (χ1v) is 9.22. The molecule has 0 radical (unpaired) electrons. The standard InChI is InChI=1S/C20H18F3N5O2/c1-19(6-4-16(30)26-19)10-25-18-14-9-24-7-5-12(14)17(27-28-18)13-3-2-11(8-15(13)29)20(21,22)23/h2-3,5,7-9,29H,4,6,10H2,1H3,(H,25,28)(H,26,30)/t19-/m0/s1. The molecule has 1 atom stereocenters. The number of benzene rings is 1. The molecule has 1 fully saturated rings. The van der Waals surface area contributed by atoms with Gasteiger partial charge in [0.05, 0.1) is 11.1 Å². The summed E-state index contributed by atoms with van der Waals surface area (Å²) in [6.07, 6.45) is -0.338. The van der Waals surface area contributed by atoms with Crippen molar-refractivity contribution >= 4 is 22.5 Å². The Bertz CT molecular complexity index is 1140. The van der Waals surface area contributed by atoms with Crippen molar-refractivity contribution in [2.45, 2.75) is 31.5 Å². The van der Waals surface area contributed by atoms with E-state index < -0.39 is 23.0 Å². The largest absolute Gasteiger partial charge is 0.507 e. The third kappa shape index (κ3) is 3.72. The van der Waals surface area contributed by atoms with E-state index in [1.807, 2.05) is 6.92 Å². The smallest absolute Gasteiger partial charge is 0.416 e. The molecule has 0 bridgehead atoms. The molecule has 4 rings (SSSR count). The summed E-state index contributed by atoms with van der Waals surface area (Å²) in [4.78, 5) is 15.6. The fourth-order valence-electron chi connectivity index (χ4n) is 3.50. The van der Waals surface area contributed by atoms with Crippen molar-refractivity contribution < 1.29 is 23.1 Å². The lowest BCUT2D eigenvalue weighted by Crippen LogP contribution is -2.44. The fourth-order valence-corrected chi connectivity index (χ4v) is 3.50. The number of hydrogen-bond acceptors (Lipinski definition) is 6. The number of aromatic nitrogens is 3. The highest BCUT2D eigenvalue weighted by atomic mass is 19.4. The Morgan fingerprint density at radius 2 is 2.03 bits per heavy atom. The Hall–Kier alpha value is -3.43. The maximum atomic E-state index is 12.9. The molecular formula is C20H18F3N5O2. The first-order chi connectivity index (χ1) is 14.2. The minimum Gasteiger partial charge on any atom is -0.507 e. The Morgan fingerprint density at radius 1 is 1.23 bits per heavy atom. The number of halogens is 3. The summed E-state index contributed by atoms with van der Waals surface area (Å²) < 4.78 is 38.7. The molecule has 1 aliphatic rings. The number of nitrogens with one attached hydrogen (secondary N) is 2. The Balaban J connectivity index is 1.70. The van der Waals surface area contributed by atoms with Crippen LogP contribution in [0.1, 0.15) is 25.3 Å². The highest BCUT2D eigenvalue weighted by Crippen LogP contribution is 2.38. The van der Waals surface area contributed by atoms with Gasteiger partial charge in [-0.05, 0) is 37.6 Å². The number of fused-ring (bicyclic) bond motifs is 1. The van der Waals surface area contributed by atoms with Crippen LogP contribution in [0.15, 0.2) is 36.7 Å². The first-order valence-electron chi connectivity index (χ1n) is 9.22. The number of pyridine rings is 1. The molecule has 0 spiro atoms. The molecule has 3 aromatic rings. The van der Waals surface area contributed by atoms with Gasteiger partial charge in [0.2, 0.25) is 5.91 Å². The monoisotopic (exact) mass is 417 g/mol. The van der Waals surface area contributed by atoms with Crippen molar-refractivity contribution in [1.82, 2.24) is 20.5 Å². The summed E-state index contributed by atoms with van der Waals surface area (Å²) in [5.74, 6) is -0.125. The van der Waals surface area contributed by atoms with E-state index in [2.05, 4.69) is 25.8 Å². The minimum atomic E-state index is -4.56. The molecule has 3 heterocycles. The van der Waals surface area contributed by atoms with E-state index in [-0.39, 0.29) is 17.2 Å². The SMILES string of the molecule is C[C@@]1(CNc2nnc(-c3ccc(C(F)(F)F)cc3O)c3ccncc23)CCC(=O)N1. The third-order valence-corrected chi connectivity index (χ3v) is 5.15. The van der Waals surface area contributed by atoms with Crippen molar-refractivity contribution in [3.63, 3.8) is 0 Å². The van der Waals surface area contributed by atoms with Gasteiger partial charge in [0.1, 0.15) is 11.4 Å². The topological polar surface area (TPSA) is 100 Å². The van der Waals surface area contributed by atoms with Crippen LogP contribution < -0.4 is 10.6 Å². The van der Waals surface area contributed by atoms with Crippen LogP contribution in [0.5, 0.6) is 5.75 Å². The maximum Gasteiger partial charge on any atom is 0.416 e. The van der Waals surface area contributed by atoms with Gasteiger partial charge in [-0.25, -0.2) is 0 Å². The van der Waals surface area contributed by atoms with Crippen LogP contribution in [-0.2, 0) is 11.0 Å². The summed E-state index contributed by atoms with van der Waals surface area (Å²) in [6.45, 7) is 2.34. The van der Waals surface area contributed by atoms with Crippen LogP contribution in [0.25, 0.3) is 22.0 Å². The second kappa shape index (κ2) is 7.12. The molecule has 2 aromatic heterocycles. The lowest BCUT2D eigenvalue weighted by Gasteiger charge is -2.24. The van der Waals surface area contributed by atoms with Gasteiger partial charge in [-0.3, -0.25) is 9.78 Å². The summed E-state index contributed by atoms with van der Waals surface area (Å²) in [5, 5.41) is 25.8. The molecule has 1 aliphatic heterocycles. The highest BCUT2D eigenvalue weighted by molar-refractivity contribution is 6.00. The first kappa shape index (κ1) is 19.9. The molecule has 7 nitrogen and oxygen atoms in total. The van der Waals surface area contributed by atoms with Crippen molar-refractivity contribution in [1.29, 1.82) is 0 Å². The number of phenolic OH excluding ortho intramolecular Hbond substituents is 1. The molecule has 0 unspecified atom stereocenters. The zero-order valence-corrected chi connectivity index (χ0v) is 15.9. The van der Waals surface area contributed by atoms with E-state index in [0.29, 0.717) is 42.0 Å². The lowest BCUT2D eigenvalue weighted by atomic mass is 10.0. The van der Waals surface area contributed by atoms with E-state index in [4.69, 9.17) is 0 Å². The van der Waals surface area contributed by atoms with E-state index in [9.17, 15) is 23.1 Å². The van der Waals surface area contributed by atoms with E-state index >= 15 is 0 Å². The normalized spacial score (nSPS) is 19.1. The van der Waals surface area contributed by atoms with Crippen molar-refractivity contribution in [3.05, 3.63) is 42.2 Å². The Labute approximate surface area is 169 Å². The number of carbonyl (C=O) groups excluding carboxylic acids is 1. The molecule has 30 heavy (non-hydrogen) atoms. The Kier molecular flexibility index (Phi) is 4.71. The molecule has 0 aliphatic carbocycles. The fraction of sp³-hybridized carbons (Fsp3) is 0.300. The van der Waals surface area contributed by atoms with E-state index in [1.165, 1.54) is 12.3 Å². The number of nitrogens with zero attached hydrogens (tertiary/aromatic N) is 3. The number of carbonyl (C=O) groups is 1. The number of amides is 1. The molecule has 10 heteroatoms. The van der Waals surface area contributed by atoms with Crippen LogP contribution in [0.3, 0.4) is 0 Å². The van der Waals surface area contributed by atoms with Crippen molar-refractivity contribution in [3.8, 4) is 17.0 Å². The van der Waals surface area contributed by atoms with Crippen LogP contribution in [-0.4, -0.2) is 38.3 Å². The number of hydrogen-bond donors (Lipinski definition) is 3. The summed E-state index contributed by atoms with van der Waals surface area (Å²) in [5.41, 5.74) is -0.997. The number of alkyl halides is 3. The molecule has 156 valence electrons. The molecule has 1 amide bonds. The van der Waals surface area contributed by atoms with Crippen LogP contribution in [0.2, 0.25) is 0 Å². The van der Waals surface area contributed by atoms with Crippen molar-refractivity contribution in [2.75, 3.05) is 11.9 Å². The molecule has 1 saturated heterocycles. The van der Waals surface area contributed by atoms with Gasteiger partial charge >= 0.3 is 6.18 Å². The second-order valence-corrected chi connectivity index (χ2v) is 7.51. The summed E-state index contributed by atoms with van der Waals surface area (Å²) >= 11 is 0. The predicted octanol–water partition coefficient (Wildman–Crippen LogP) is 3.50. The second-order valence-electron chi connectivity index (χ2n) is 7.51. The number of rotatable bonds is 4. The molecule has 0 saturated carbocycles. The summed E-state index contributed by atoms with van der Waals surface area (Å²) in [7, 11) is 0. The number of phenols is 1. The van der Waals surface area contributed by atoms with Crippen molar-refractivity contribution in [2.24, 2.45) is 0 Å². The van der Waals surface area contributed by atoms with Crippen LogP contribution >= 0.6 is 0 Å². The number of anilines is 1. The van der Waals surface area contributed by atoms with Gasteiger partial charge in [-0.1, -0.05) is 0 Å². The van der Waals surface area contributed by atoms with Gasteiger partial charge in [-0.15, -0.1) is 10.2 Å². The lowest BCUT2D eigenvalue weighted by molar-refractivity contribution is -0.137. The zero-order chi connectivity index (χ0) is 21.5. The van der Waals surface area contributed by atoms with Gasteiger partial charge in [0.25, 0.3) is 0 Å². The predicted molar refractivity (Wildman–Crippen MR) is 104 cm³/mol. The summed E-state index contributed by atoms with van der Waals surface area (Å²) in [6, 6.07) is 4.38. The molecular weight excluding hydrogens is 399 g/mol. The van der Waals surface area contributed by atoms with Gasteiger partial charge in [-0.2, -0.15) is 13.2 Å². The minimum absolute atomic E-state index is 0.00923. The van der Waals surface area contributed by atoms with Gasteiger partial charge in [0.15, 0.2) is 5.82 Å². The zero-order valence-electron chi connectivity index (χ0n) is 15.9. The van der Waals surface area contributed by atoms with E-state index in [0.717, 1.165) is 6.07 Å². The Morgan fingerprint density at radius 3 is 2.70 bits per heavy atom. The maximum absolute atomic E-state index is 12.9. The molecule has 3 N–H and O–H groups in total. The van der Waals surface area contributed by atoms with Crippen LogP contribution in [0.4, 0.5) is 19.0 Å². The average Bonchev–Trinajstić information content (AvgIpc) is 3.04. The van der Waals surface area contributed by atoms with Crippen LogP contribution in [0, 0.1) is 0 Å². The average molecular weight is 417 g/mol. The van der Waals surface area contributed by atoms with Gasteiger partial charge in [0, 0.05) is 41.7 Å². The third-order valence-electron chi connectivity index (χ3n) is 5.15. The van der Waals surface area contributed by atoms with Gasteiger partial charge < -0.3 is 15.7 Å².